The molecule has 4 rings (SSSR count). The molecule has 0 N–H and O–H groups in total. The van der Waals surface area contributed by atoms with Gasteiger partial charge >= 0.3 is 0 Å². The van der Waals surface area contributed by atoms with Gasteiger partial charge in [-0.3, -0.25) is 9.97 Å². The smallest absolute Gasteiger partial charge is 0.0780 e. The summed E-state index contributed by atoms with van der Waals surface area (Å²) < 4.78 is 0. The topological polar surface area (TPSA) is 25.8 Å². The summed E-state index contributed by atoms with van der Waals surface area (Å²) in [4.78, 5) is 8.75. The first-order valence-corrected chi connectivity index (χ1v) is 6.60. The predicted octanol–water partition coefficient (Wildman–Crippen LogP) is 4.45. The van der Waals surface area contributed by atoms with Gasteiger partial charge < -0.3 is 0 Å². The highest BCUT2D eigenvalue weighted by Crippen LogP contribution is 2.30. The van der Waals surface area contributed by atoms with E-state index in [2.05, 4.69) is 46.4 Å². The highest BCUT2D eigenvalue weighted by Gasteiger charge is 2.07. The normalized spacial score (nSPS) is 11.0. The molecule has 2 aromatic carbocycles. The molecular weight excluding hydrogens is 244 g/mol. The third-order valence-corrected chi connectivity index (χ3v) is 3.61. The lowest BCUT2D eigenvalue weighted by atomic mass is 10.00. The summed E-state index contributed by atoms with van der Waals surface area (Å²) in [6.45, 7) is 0. The van der Waals surface area contributed by atoms with Crippen LogP contribution in [0.4, 0.5) is 0 Å². The van der Waals surface area contributed by atoms with Crippen LogP contribution < -0.4 is 0 Å². The largest absolute Gasteiger partial charge is 0.264 e. The maximum Gasteiger partial charge on any atom is 0.0780 e. The Morgan fingerprint density at radius 3 is 2.40 bits per heavy atom. The van der Waals surface area contributed by atoms with Crippen molar-refractivity contribution in [3.05, 3.63) is 73.2 Å². The summed E-state index contributed by atoms with van der Waals surface area (Å²) in [6, 6.07) is 18.7. The van der Waals surface area contributed by atoms with Gasteiger partial charge in [-0.1, -0.05) is 42.5 Å². The van der Waals surface area contributed by atoms with Gasteiger partial charge in [0.15, 0.2) is 0 Å². The highest BCUT2D eigenvalue weighted by molar-refractivity contribution is 6.10. The Morgan fingerprint density at radius 1 is 0.650 bits per heavy atom. The Bertz CT molecular complexity index is 899. The van der Waals surface area contributed by atoms with Crippen molar-refractivity contribution in [2.45, 2.75) is 0 Å². The third-order valence-electron chi connectivity index (χ3n) is 3.61. The Kier molecular flexibility index (Phi) is 2.46. The van der Waals surface area contributed by atoms with Gasteiger partial charge in [-0.15, -0.1) is 0 Å². The van der Waals surface area contributed by atoms with E-state index in [-0.39, 0.29) is 0 Å². The molecule has 0 aliphatic carbocycles. The molecule has 0 aliphatic rings. The van der Waals surface area contributed by atoms with Crippen LogP contribution in [0.15, 0.2) is 73.2 Å². The first-order valence-electron chi connectivity index (χ1n) is 6.60. The van der Waals surface area contributed by atoms with Crippen molar-refractivity contribution in [3.63, 3.8) is 0 Å². The van der Waals surface area contributed by atoms with E-state index in [9.17, 15) is 0 Å². The molecule has 94 valence electrons. The van der Waals surface area contributed by atoms with Crippen molar-refractivity contribution in [1.82, 2.24) is 9.97 Å². The number of pyridine rings is 2. The number of benzene rings is 2. The van der Waals surface area contributed by atoms with Crippen molar-refractivity contribution in [3.8, 4) is 11.3 Å². The van der Waals surface area contributed by atoms with Crippen molar-refractivity contribution >= 4 is 21.5 Å². The molecule has 0 bridgehead atoms. The zero-order valence-electron chi connectivity index (χ0n) is 10.8. The Balaban J connectivity index is 2.12. The molecule has 0 radical (unpaired) electrons. The minimum atomic E-state index is 1.03. The van der Waals surface area contributed by atoms with Crippen molar-refractivity contribution in [2.24, 2.45) is 0 Å². The van der Waals surface area contributed by atoms with Gasteiger partial charge in [-0.2, -0.15) is 0 Å². The maximum atomic E-state index is 4.57. The second-order valence-electron chi connectivity index (χ2n) is 4.78. The summed E-state index contributed by atoms with van der Waals surface area (Å²) in [5, 5.41) is 4.78. The Labute approximate surface area is 116 Å². The maximum absolute atomic E-state index is 4.57. The average molecular weight is 256 g/mol. The SMILES string of the molecule is c1ccc(-c2nccc3c2ccc2cnccc23)cc1. The molecule has 2 heteroatoms. The number of hydrogen-bond donors (Lipinski definition) is 0. The summed E-state index contributed by atoms with van der Waals surface area (Å²) in [6.07, 6.45) is 5.62. The number of rotatable bonds is 1. The molecule has 0 saturated heterocycles. The van der Waals surface area contributed by atoms with Crippen LogP contribution in [0.25, 0.3) is 32.8 Å². The van der Waals surface area contributed by atoms with Gasteiger partial charge in [0, 0.05) is 34.9 Å². The average Bonchev–Trinajstić information content (AvgIpc) is 2.55. The van der Waals surface area contributed by atoms with Crippen LogP contribution in [0.5, 0.6) is 0 Å². The van der Waals surface area contributed by atoms with E-state index in [1.54, 1.807) is 0 Å². The number of aromatic nitrogens is 2. The number of nitrogens with zero attached hydrogens (tertiary/aromatic N) is 2. The van der Waals surface area contributed by atoms with Crippen LogP contribution in [-0.2, 0) is 0 Å². The van der Waals surface area contributed by atoms with Gasteiger partial charge in [0.1, 0.15) is 0 Å². The van der Waals surface area contributed by atoms with Crippen molar-refractivity contribution in [2.75, 3.05) is 0 Å². The van der Waals surface area contributed by atoms with Crippen LogP contribution in [0.1, 0.15) is 0 Å². The van der Waals surface area contributed by atoms with Gasteiger partial charge in [0.25, 0.3) is 0 Å². The molecule has 0 spiro atoms. The molecule has 0 saturated carbocycles. The molecule has 0 amide bonds. The Hall–Kier alpha value is -2.74. The predicted molar refractivity (Wildman–Crippen MR) is 82.5 cm³/mol. The van der Waals surface area contributed by atoms with Crippen LogP contribution in [0, 0.1) is 0 Å². The first kappa shape index (κ1) is 11.1. The molecule has 0 aliphatic heterocycles. The molecular formula is C18H12N2. The van der Waals surface area contributed by atoms with E-state index in [1.165, 1.54) is 16.2 Å². The molecule has 0 atom stereocenters. The highest BCUT2D eigenvalue weighted by atomic mass is 14.7. The van der Waals surface area contributed by atoms with Crippen LogP contribution in [0.3, 0.4) is 0 Å². The van der Waals surface area contributed by atoms with Crippen LogP contribution in [-0.4, -0.2) is 9.97 Å². The number of fused-ring (bicyclic) bond motifs is 3. The van der Waals surface area contributed by atoms with Gasteiger partial charge in [-0.05, 0) is 22.9 Å². The standard InChI is InChI=1S/C18H12N2/c1-2-4-13(5-3-1)18-17-7-6-14-12-19-10-8-15(14)16(17)9-11-20-18/h1-12H. The monoisotopic (exact) mass is 256 g/mol. The second kappa shape index (κ2) is 4.42. The third kappa shape index (κ3) is 1.66. The molecule has 2 heterocycles. The van der Waals surface area contributed by atoms with Crippen LogP contribution >= 0.6 is 0 Å². The van der Waals surface area contributed by atoms with E-state index in [0.717, 1.165) is 16.6 Å². The quantitative estimate of drug-likeness (QED) is 0.470. The summed E-state index contributed by atoms with van der Waals surface area (Å²) in [5.74, 6) is 0. The van der Waals surface area contributed by atoms with E-state index in [4.69, 9.17) is 0 Å². The van der Waals surface area contributed by atoms with Crippen molar-refractivity contribution < 1.29 is 0 Å². The second-order valence-corrected chi connectivity index (χ2v) is 4.78. The number of hydrogen-bond acceptors (Lipinski definition) is 2. The minimum Gasteiger partial charge on any atom is -0.264 e. The molecule has 2 aromatic heterocycles. The fourth-order valence-corrected chi connectivity index (χ4v) is 2.66. The Morgan fingerprint density at radius 2 is 1.50 bits per heavy atom. The van der Waals surface area contributed by atoms with E-state index in [0.29, 0.717) is 0 Å². The molecule has 4 aromatic rings. The van der Waals surface area contributed by atoms with Gasteiger partial charge in [-0.25, -0.2) is 0 Å². The van der Waals surface area contributed by atoms with E-state index >= 15 is 0 Å². The lowest BCUT2D eigenvalue weighted by molar-refractivity contribution is 1.35. The van der Waals surface area contributed by atoms with Crippen LogP contribution in [0.2, 0.25) is 0 Å². The summed E-state index contributed by atoms with van der Waals surface area (Å²) in [7, 11) is 0. The zero-order valence-corrected chi connectivity index (χ0v) is 10.8. The van der Waals surface area contributed by atoms with Gasteiger partial charge in [0.2, 0.25) is 0 Å². The molecule has 0 fully saturated rings. The van der Waals surface area contributed by atoms with E-state index in [1.807, 2.05) is 36.8 Å². The van der Waals surface area contributed by atoms with Gasteiger partial charge in [0.05, 0.1) is 5.69 Å². The summed E-state index contributed by atoms with van der Waals surface area (Å²) in [5.41, 5.74) is 2.17. The lowest BCUT2D eigenvalue weighted by Crippen LogP contribution is -1.87. The van der Waals surface area contributed by atoms with E-state index < -0.39 is 0 Å². The fourth-order valence-electron chi connectivity index (χ4n) is 2.66. The first-order chi connectivity index (χ1) is 9.93. The fraction of sp³-hybridized carbons (Fsp3) is 0. The molecule has 2 nitrogen and oxygen atoms in total. The lowest BCUT2D eigenvalue weighted by Gasteiger charge is -2.08. The molecule has 20 heavy (non-hydrogen) atoms. The van der Waals surface area contributed by atoms with Crippen molar-refractivity contribution in [1.29, 1.82) is 0 Å². The summed E-state index contributed by atoms with van der Waals surface area (Å²) >= 11 is 0. The molecule has 0 unspecified atom stereocenters. The minimum absolute atomic E-state index is 1.03. The zero-order chi connectivity index (χ0) is 13.4.